The number of carboxylic acid groups (broad SMARTS) is 2. The predicted molar refractivity (Wildman–Crippen MR) is 86.7 cm³/mol. The van der Waals surface area contributed by atoms with Crippen molar-refractivity contribution in [3.05, 3.63) is 36.0 Å². The van der Waals surface area contributed by atoms with Gasteiger partial charge in [-0.25, -0.2) is 0 Å². The van der Waals surface area contributed by atoms with E-state index in [0.29, 0.717) is 16.5 Å². The van der Waals surface area contributed by atoms with Crippen molar-refractivity contribution in [3.8, 4) is 0 Å². The van der Waals surface area contributed by atoms with Crippen LogP contribution in [0.5, 0.6) is 0 Å². The normalized spacial score (nSPS) is 13.6. The first-order chi connectivity index (χ1) is 11.3. The third-order valence-electron chi connectivity index (χ3n) is 3.78. The fourth-order valence-electron chi connectivity index (χ4n) is 2.50. The third-order valence-corrected chi connectivity index (χ3v) is 3.78. The van der Waals surface area contributed by atoms with Crippen LogP contribution in [-0.2, 0) is 16.0 Å². The average molecular weight is 333 g/mol. The summed E-state index contributed by atoms with van der Waals surface area (Å²) >= 11 is 0. The van der Waals surface area contributed by atoms with E-state index in [0.717, 1.165) is 0 Å². The molecule has 0 saturated heterocycles. The van der Waals surface area contributed by atoms with Gasteiger partial charge in [0.05, 0.1) is 11.6 Å². The van der Waals surface area contributed by atoms with Crippen molar-refractivity contribution >= 4 is 28.7 Å². The first-order valence-electron chi connectivity index (χ1n) is 7.40. The number of aliphatic carboxylic acids is 2. The first kappa shape index (κ1) is 17.6. The fourth-order valence-corrected chi connectivity index (χ4v) is 2.50. The van der Waals surface area contributed by atoms with Gasteiger partial charge in [-0.2, -0.15) is 0 Å². The molecule has 0 aliphatic rings. The summed E-state index contributed by atoms with van der Waals surface area (Å²) in [5.41, 5.74) is 12.6. The van der Waals surface area contributed by atoms with Crippen LogP contribution < -0.4 is 11.5 Å². The third kappa shape index (κ3) is 3.79. The van der Waals surface area contributed by atoms with Gasteiger partial charge in [0.15, 0.2) is 0 Å². The van der Waals surface area contributed by atoms with E-state index >= 15 is 0 Å². The van der Waals surface area contributed by atoms with E-state index in [4.69, 9.17) is 21.7 Å². The number of para-hydroxylation sites is 1. The summed E-state index contributed by atoms with van der Waals surface area (Å²) in [5.74, 6) is -2.59. The van der Waals surface area contributed by atoms with Gasteiger partial charge < -0.3 is 21.7 Å². The number of benzene rings is 1. The Morgan fingerprint density at radius 2 is 1.75 bits per heavy atom. The summed E-state index contributed by atoms with van der Waals surface area (Å²) in [6, 6.07) is 4.96. The molecule has 0 aliphatic carbocycles. The molecule has 0 unspecified atom stereocenters. The average Bonchev–Trinajstić information content (AvgIpc) is 2.90. The van der Waals surface area contributed by atoms with Gasteiger partial charge >= 0.3 is 11.9 Å². The molecule has 24 heavy (non-hydrogen) atoms. The lowest BCUT2D eigenvalue weighted by Crippen LogP contribution is -2.35. The molecule has 1 heterocycles. The molecular weight excluding hydrogens is 314 g/mol. The van der Waals surface area contributed by atoms with Gasteiger partial charge in [-0.3, -0.25) is 19.0 Å². The summed E-state index contributed by atoms with van der Waals surface area (Å²) in [7, 11) is 0. The maximum atomic E-state index is 12.5. The van der Waals surface area contributed by atoms with Gasteiger partial charge in [-0.1, -0.05) is 18.2 Å². The van der Waals surface area contributed by atoms with Crippen LogP contribution in [-0.4, -0.2) is 44.7 Å². The zero-order valence-electron chi connectivity index (χ0n) is 12.9. The summed E-state index contributed by atoms with van der Waals surface area (Å²) in [6.45, 7) is 0. The number of hydrogen-bond donors (Lipinski definition) is 4. The highest BCUT2D eigenvalue weighted by Crippen LogP contribution is 2.23. The predicted octanol–water partition coefficient (Wildman–Crippen LogP) is 0.428. The minimum absolute atomic E-state index is 0.0185. The number of nitrogens with two attached hydrogens (primary N) is 2. The molecular formula is C16H19N3O5. The Bertz CT molecular complexity index is 783. The Kier molecular flexibility index (Phi) is 5.32. The summed E-state index contributed by atoms with van der Waals surface area (Å²) < 4.78 is 1.34. The molecule has 0 saturated carbocycles. The molecule has 8 nitrogen and oxygen atoms in total. The Morgan fingerprint density at radius 1 is 1.08 bits per heavy atom. The Labute approximate surface area is 137 Å². The molecule has 1 aromatic carbocycles. The number of aromatic nitrogens is 1. The van der Waals surface area contributed by atoms with Crippen LogP contribution in [0.4, 0.5) is 0 Å². The van der Waals surface area contributed by atoms with Crippen molar-refractivity contribution in [2.45, 2.75) is 31.3 Å². The van der Waals surface area contributed by atoms with E-state index < -0.39 is 29.9 Å². The molecule has 8 heteroatoms. The van der Waals surface area contributed by atoms with Crippen molar-refractivity contribution in [1.82, 2.24) is 4.57 Å². The second kappa shape index (κ2) is 7.24. The first-order valence-corrected chi connectivity index (χ1v) is 7.40. The largest absolute Gasteiger partial charge is 0.481 e. The van der Waals surface area contributed by atoms with Crippen LogP contribution in [0.2, 0.25) is 0 Å². The highest BCUT2D eigenvalue weighted by Gasteiger charge is 2.22. The molecule has 2 aromatic rings. The van der Waals surface area contributed by atoms with Crippen LogP contribution in [0.3, 0.4) is 0 Å². The Morgan fingerprint density at radius 3 is 2.38 bits per heavy atom. The molecule has 0 fully saturated rings. The smallest absolute Gasteiger partial charge is 0.320 e. The van der Waals surface area contributed by atoms with Crippen molar-refractivity contribution in [1.29, 1.82) is 0 Å². The quantitative estimate of drug-likeness (QED) is 0.574. The zero-order valence-corrected chi connectivity index (χ0v) is 12.9. The standard InChI is InChI=1S/C16H19N3O5/c17-11(5-6-14(20)21)15(22)19-8-9(7-12(18)16(23)24)10-3-1-2-4-13(10)19/h1-4,8,11-12H,5-7,17-18H2,(H,20,21)(H,23,24)/t11-,12-/m0/s1. The molecule has 6 N–H and O–H groups in total. The summed E-state index contributed by atoms with van der Waals surface area (Å²) in [4.78, 5) is 34.1. The summed E-state index contributed by atoms with van der Waals surface area (Å²) in [5, 5.41) is 18.4. The fraction of sp³-hybridized carbons (Fsp3) is 0.312. The molecule has 2 rings (SSSR count). The molecule has 0 bridgehead atoms. The minimum Gasteiger partial charge on any atom is -0.481 e. The van der Waals surface area contributed by atoms with E-state index in [1.54, 1.807) is 24.3 Å². The van der Waals surface area contributed by atoms with Gasteiger partial charge in [-0.05, 0) is 18.1 Å². The maximum Gasteiger partial charge on any atom is 0.320 e. The number of carbonyl (C=O) groups excluding carboxylic acids is 1. The number of hydrogen-bond acceptors (Lipinski definition) is 5. The lowest BCUT2D eigenvalue weighted by molar-refractivity contribution is -0.139. The van der Waals surface area contributed by atoms with Gasteiger partial charge in [0.2, 0.25) is 5.91 Å². The molecule has 2 atom stereocenters. The lowest BCUT2D eigenvalue weighted by Gasteiger charge is -2.11. The topological polar surface area (TPSA) is 149 Å². The van der Waals surface area contributed by atoms with Crippen LogP contribution in [0.15, 0.2) is 30.5 Å². The second-order valence-electron chi connectivity index (χ2n) is 5.57. The van der Waals surface area contributed by atoms with Crippen molar-refractivity contribution < 1.29 is 24.6 Å². The number of fused-ring (bicyclic) bond motifs is 1. The van der Waals surface area contributed by atoms with Crippen LogP contribution in [0.25, 0.3) is 10.9 Å². The van der Waals surface area contributed by atoms with E-state index in [9.17, 15) is 14.4 Å². The molecule has 0 aliphatic heterocycles. The Hall–Kier alpha value is -2.71. The maximum absolute atomic E-state index is 12.5. The molecule has 1 aromatic heterocycles. The van der Waals surface area contributed by atoms with Gasteiger partial charge in [0, 0.05) is 24.4 Å². The lowest BCUT2D eigenvalue weighted by atomic mass is 10.1. The minimum atomic E-state index is -1.13. The van der Waals surface area contributed by atoms with Crippen LogP contribution >= 0.6 is 0 Å². The Balaban J connectivity index is 2.35. The van der Waals surface area contributed by atoms with Crippen molar-refractivity contribution in [3.63, 3.8) is 0 Å². The van der Waals surface area contributed by atoms with E-state index in [-0.39, 0.29) is 19.3 Å². The molecule has 0 radical (unpaired) electrons. The van der Waals surface area contributed by atoms with Crippen LogP contribution in [0, 0.1) is 0 Å². The highest BCUT2D eigenvalue weighted by atomic mass is 16.4. The van der Waals surface area contributed by atoms with E-state index in [1.807, 2.05) is 0 Å². The monoisotopic (exact) mass is 333 g/mol. The van der Waals surface area contributed by atoms with E-state index in [1.165, 1.54) is 10.8 Å². The van der Waals surface area contributed by atoms with Crippen molar-refractivity contribution in [2.24, 2.45) is 11.5 Å². The summed E-state index contributed by atoms with van der Waals surface area (Å²) in [6.07, 6.45) is 1.41. The number of carboxylic acids is 2. The molecule has 0 spiro atoms. The molecule has 0 amide bonds. The second-order valence-corrected chi connectivity index (χ2v) is 5.57. The molecule has 128 valence electrons. The van der Waals surface area contributed by atoms with Gasteiger partial charge in [0.1, 0.15) is 6.04 Å². The van der Waals surface area contributed by atoms with Crippen molar-refractivity contribution in [2.75, 3.05) is 0 Å². The van der Waals surface area contributed by atoms with Gasteiger partial charge in [-0.15, -0.1) is 0 Å². The highest BCUT2D eigenvalue weighted by molar-refractivity contribution is 5.97. The number of carbonyl (C=O) groups is 3. The number of rotatable bonds is 7. The van der Waals surface area contributed by atoms with Gasteiger partial charge in [0.25, 0.3) is 0 Å². The van der Waals surface area contributed by atoms with Crippen LogP contribution in [0.1, 0.15) is 23.2 Å². The SMILES string of the molecule is N[C@@H](Cc1cn(C(=O)[C@@H](N)CCC(=O)O)c2ccccc12)C(=O)O. The zero-order chi connectivity index (χ0) is 17.9. The number of nitrogens with zero attached hydrogens (tertiary/aromatic N) is 1. The van der Waals surface area contributed by atoms with E-state index in [2.05, 4.69) is 0 Å².